The van der Waals surface area contributed by atoms with Crippen molar-refractivity contribution in [1.82, 2.24) is 15.1 Å². The van der Waals surface area contributed by atoms with Crippen LogP contribution in [0.2, 0.25) is 0 Å². The van der Waals surface area contributed by atoms with Crippen LogP contribution >= 0.6 is 0 Å². The number of hydrogen-bond acceptors (Lipinski definition) is 5. The van der Waals surface area contributed by atoms with Crippen LogP contribution in [0.15, 0.2) is 30.3 Å². The summed E-state index contributed by atoms with van der Waals surface area (Å²) >= 11 is 0. The Kier molecular flexibility index (Phi) is 12.3. The molecule has 0 aliphatic rings. The molecule has 37 heavy (non-hydrogen) atoms. The fraction of sp³-hybridized carbons (Fsp3) is 0.655. The van der Waals surface area contributed by atoms with E-state index in [9.17, 15) is 19.2 Å². The molecule has 3 atom stereocenters. The first kappa shape index (κ1) is 32.1. The standard InChI is InChI=1S/C29H47N3O5/c1-19(2)16-23(25(33)18-22-14-12-11-13-15-22)31(9)27(35)24(17-20(3)4)32(10)26(34)21(5)30-28(36)37-29(6,7)8/h11-15,19-21,23-24H,16-18H2,1-10H3,(H,30,36)/t21-,23+,24+/m1/s1. The molecule has 0 heterocycles. The third-order valence-corrected chi connectivity index (χ3v) is 6.00. The van der Waals surface area contributed by atoms with Crippen molar-refractivity contribution in [2.24, 2.45) is 11.8 Å². The van der Waals surface area contributed by atoms with E-state index in [0.29, 0.717) is 12.8 Å². The molecule has 0 bridgehead atoms. The first-order chi connectivity index (χ1) is 17.0. The van der Waals surface area contributed by atoms with Crippen LogP contribution in [0.4, 0.5) is 4.79 Å². The smallest absolute Gasteiger partial charge is 0.408 e. The third kappa shape index (κ3) is 10.9. The van der Waals surface area contributed by atoms with Gasteiger partial charge in [-0.15, -0.1) is 0 Å². The average Bonchev–Trinajstić information content (AvgIpc) is 2.78. The number of alkyl carbamates (subject to hydrolysis) is 1. The highest BCUT2D eigenvalue weighted by atomic mass is 16.6. The predicted molar refractivity (Wildman–Crippen MR) is 146 cm³/mol. The zero-order valence-corrected chi connectivity index (χ0v) is 24.3. The number of carbonyl (C=O) groups is 4. The first-order valence-electron chi connectivity index (χ1n) is 13.1. The van der Waals surface area contributed by atoms with Crippen LogP contribution in [-0.4, -0.2) is 71.3 Å². The van der Waals surface area contributed by atoms with E-state index in [1.807, 2.05) is 58.0 Å². The topological polar surface area (TPSA) is 96.0 Å². The lowest BCUT2D eigenvalue weighted by Crippen LogP contribution is -2.56. The lowest BCUT2D eigenvalue weighted by molar-refractivity contribution is -0.148. The molecule has 3 amide bonds. The van der Waals surface area contributed by atoms with Crippen molar-refractivity contribution in [2.75, 3.05) is 14.1 Å². The Morgan fingerprint density at radius 1 is 0.811 bits per heavy atom. The van der Waals surface area contributed by atoms with Crippen molar-refractivity contribution in [1.29, 1.82) is 0 Å². The summed E-state index contributed by atoms with van der Waals surface area (Å²) in [5.41, 5.74) is 0.199. The number of benzene rings is 1. The van der Waals surface area contributed by atoms with Crippen LogP contribution in [0.3, 0.4) is 0 Å². The number of nitrogens with one attached hydrogen (secondary N) is 1. The minimum Gasteiger partial charge on any atom is -0.444 e. The van der Waals surface area contributed by atoms with Crippen LogP contribution in [0.1, 0.15) is 73.8 Å². The van der Waals surface area contributed by atoms with Crippen molar-refractivity contribution in [2.45, 2.75) is 98.4 Å². The first-order valence-corrected chi connectivity index (χ1v) is 13.1. The Bertz CT molecular complexity index is 908. The van der Waals surface area contributed by atoms with E-state index in [0.717, 1.165) is 5.56 Å². The number of rotatable bonds is 12. The molecule has 0 aromatic heterocycles. The molecule has 1 rings (SSSR count). The molecule has 0 fully saturated rings. The molecule has 0 radical (unpaired) electrons. The summed E-state index contributed by atoms with van der Waals surface area (Å²) < 4.78 is 5.26. The summed E-state index contributed by atoms with van der Waals surface area (Å²) in [6.45, 7) is 14.8. The van der Waals surface area contributed by atoms with Crippen LogP contribution in [0, 0.1) is 11.8 Å². The number of carbonyl (C=O) groups excluding carboxylic acids is 4. The minimum atomic E-state index is -0.890. The van der Waals surface area contributed by atoms with Gasteiger partial charge >= 0.3 is 6.09 Å². The number of Topliss-reactive ketones (excluding diaryl/α,β-unsaturated/α-hetero) is 1. The summed E-state index contributed by atoms with van der Waals surface area (Å²) in [4.78, 5) is 55.5. The van der Waals surface area contributed by atoms with E-state index >= 15 is 0 Å². The van der Waals surface area contributed by atoms with Gasteiger partial charge in [-0.05, 0) is 57.9 Å². The Morgan fingerprint density at radius 2 is 1.30 bits per heavy atom. The fourth-order valence-corrected chi connectivity index (χ4v) is 4.13. The largest absolute Gasteiger partial charge is 0.444 e. The maximum atomic E-state index is 13.8. The molecule has 0 aliphatic carbocycles. The third-order valence-electron chi connectivity index (χ3n) is 6.00. The fourth-order valence-electron chi connectivity index (χ4n) is 4.13. The van der Waals surface area contributed by atoms with E-state index < -0.39 is 35.7 Å². The van der Waals surface area contributed by atoms with Crippen molar-refractivity contribution in [3.05, 3.63) is 35.9 Å². The highest BCUT2D eigenvalue weighted by molar-refractivity contribution is 5.94. The van der Waals surface area contributed by atoms with Crippen molar-refractivity contribution < 1.29 is 23.9 Å². The number of ether oxygens (including phenoxy) is 1. The second-order valence-corrected chi connectivity index (χ2v) is 11.7. The van der Waals surface area contributed by atoms with Crippen LogP contribution in [0.25, 0.3) is 0 Å². The molecule has 8 heteroatoms. The molecule has 0 spiro atoms. The van der Waals surface area contributed by atoms with E-state index in [4.69, 9.17) is 4.74 Å². The van der Waals surface area contributed by atoms with Gasteiger partial charge in [0.25, 0.3) is 0 Å². The van der Waals surface area contributed by atoms with Gasteiger partial charge in [0.05, 0.1) is 6.04 Å². The van der Waals surface area contributed by atoms with Gasteiger partial charge in [0.15, 0.2) is 5.78 Å². The van der Waals surface area contributed by atoms with Crippen LogP contribution in [0.5, 0.6) is 0 Å². The molecular formula is C29H47N3O5. The molecular weight excluding hydrogens is 470 g/mol. The molecule has 208 valence electrons. The van der Waals surface area contributed by atoms with Crippen molar-refractivity contribution in [3.8, 4) is 0 Å². The molecule has 1 N–H and O–H groups in total. The van der Waals surface area contributed by atoms with Crippen molar-refractivity contribution >= 4 is 23.7 Å². The van der Waals surface area contributed by atoms with Crippen LogP contribution < -0.4 is 5.32 Å². The van der Waals surface area contributed by atoms with Gasteiger partial charge in [-0.3, -0.25) is 14.4 Å². The molecule has 0 saturated heterocycles. The number of hydrogen-bond donors (Lipinski definition) is 1. The Hall–Kier alpha value is -2.90. The van der Waals surface area contributed by atoms with E-state index in [2.05, 4.69) is 5.32 Å². The molecule has 0 saturated carbocycles. The summed E-state index contributed by atoms with van der Waals surface area (Å²) in [7, 11) is 3.21. The quantitative estimate of drug-likeness (QED) is 0.442. The monoisotopic (exact) mass is 517 g/mol. The van der Waals surface area contributed by atoms with Gasteiger partial charge in [0.1, 0.15) is 17.7 Å². The zero-order valence-electron chi connectivity index (χ0n) is 24.3. The molecule has 1 aromatic rings. The molecule has 1 aromatic carbocycles. The highest BCUT2D eigenvalue weighted by Gasteiger charge is 2.36. The second-order valence-electron chi connectivity index (χ2n) is 11.7. The predicted octanol–water partition coefficient (Wildman–Crippen LogP) is 4.46. The van der Waals surface area contributed by atoms with Gasteiger partial charge in [-0.25, -0.2) is 4.79 Å². The number of amides is 3. The average molecular weight is 518 g/mol. The van der Waals surface area contributed by atoms with Gasteiger partial charge in [-0.2, -0.15) is 0 Å². The van der Waals surface area contributed by atoms with Gasteiger partial charge < -0.3 is 19.9 Å². The summed E-state index contributed by atoms with van der Waals surface area (Å²) in [6, 6.07) is 7.21. The lowest BCUT2D eigenvalue weighted by atomic mass is 9.93. The number of likely N-dealkylation sites (N-methyl/N-ethyl adjacent to an activating group) is 2. The Morgan fingerprint density at radius 3 is 1.78 bits per heavy atom. The maximum Gasteiger partial charge on any atom is 0.408 e. The SMILES string of the molecule is CC(C)C[C@@H](C(=O)N(C)[C@@H](CC(C)C)C(=O)Cc1ccccc1)N(C)C(=O)[C@@H](C)NC(=O)OC(C)(C)C. The second kappa shape index (κ2) is 14.1. The number of ketones is 1. The molecule has 8 nitrogen and oxygen atoms in total. The lowest BCUT2D eigenvalue weighted by Gasteiger charge is -2.36. The number of nitrogens with zero attached hydrogens (tertiary/aromatic N) is 2. The van der Waals surface area contributed by atoms with Crippen molar-refractivity contribution in [3.63, 3.8) is 0 Å². The van der Waals surface area contributed by atoms with Gasteiger partial charge in [0.2, 0.25) is 11.8 Å². The summed E-state index contributed by atoms with van der Waals surface area (Å²) in [5, 5.41) is 2.56. The van der Waals surface area contributed by atoms with Gasteiger partial charge in [-0.1, -0.05) is 58.0 Å². The van der Waals surface area contributed by atoms with Crippen LogP contribution in [-0.2, 0) is 25.5 Å². The Labute approximate surface area is 223 Å². The maximum absolute atomic E-state index is 13.8. The minimum absolute atomic E-state index is 0.0343. The highest BCUT2D eigenvalue weighted by Crippen LogP contribution is 2.20. The zero-order chi connectivity index (χ0) is 28.5. The van der Waals surface area contributed by atoms with E-state index in [-0.39, 0.29) is 29.9 Å². The molecule has 0 aliphatic heterocycles. The Balaban J connectivity index is 3.12. The summed E-state index contributed by atoms with van der Waals surface area (Å²) in [5.74, 6) is -0.417. The van der Waals surface area contributed by atoms with Gasteiger partial charge in [0, 0.05) is 20.5 Å². The molecule has 0 unspecified atom stereocenters. The van der Waals surface area contributed by atoms with E-state index in [1.165, 1.54) is 9.80 Å². The summed E-state index contributed by atoms with van der Waals surface area (Å²) in [6.07, 6.45) is 0.479. The van der Waals surface area contributed by atoms with E-state index in [1.54, 1.807) is 41.8 Å². The normalized spacial score (nSPS) is 14.1.